The van der Waals surface area contributed by atoms with Crippen molar-refractivity contribution in [3.63, 3.8) is 0 Å². The van der Waals surface area contributed by atoms with Gasteiger partial charge in [-0.25, -0.2) is 0 Å². The number of aliphatic hydroxyl groups excluding tert-OH is 1. The second-order valence-corrected chi connectivity index (χ2v) is 9.09. The normalized spacial score (nSPS) is 14.4. The van der Waals surface area contributed by atoms with Crippen molar-refractivity contribution in [3.8, 4) is 0 Å². The molecule has 3 heteroatoms. The molecule has 0 bridgehead atoms. The first kappa shape index (κ1) is 22.3. The van der Waals surface area contributed by atoms with Crippen LogP contribution in [0.5, 0.6) is 0 Å². The van der Waals surface area contributed by atoms with Gasteiger partial charge in [0.25, 0.3) is 0 Å². The van der Waals surface area contributed by atoms with Crippen LogP contribution in [-0.4, -0.2) is 44.2 Å². The third-order valence-corrected chi connectivity index (χ3v) is 6.67. The Hall–Kier alpha value is -2.88. The Balaban J connectivity index is 1.73. The van der Waals surface area contributed by atoms with Crippen molar-refractivity contribution >= 4 is 11.8 Å². The van der Waals surface area contributed by atoms with Crippen LogP contribution < -0.4 is 4.90 Å². The molecule has 0 unspecified atom stereocenters. The summed E-state index contributed by atoms with van der Waals surface area (Å²) in [5.41, 5.74) is 7.00. The van der Waals surface area contributed by atoms with Crippen molar-refractivity contribution in [1.82, 2.24) is 4.90 Å². The van der Waals surface area contributed by atoms with Crippen LogP contribution in [0.15, 0.2) is 78.9 Å². The molecule has 3 aromatic rings. The summed E-state index contributed by atoms with van der Waals surface area (Å²) in [7, 11) is 6.34. The lowest BCUT2D eigenvalue weighted by molar-refractivity contribution is 0.281. The third-order valence-electron chi connectivity index (χ3n) is 6.67. The van der Waals surface area contributed by atoms with Crippen LogP contribution in [-0.2, 0) is 18.4 Å². The Labute approximate surface area is 192 Å². The minimum absolute atomic E-state index is 0.0462. The first-order valence-electron chi connectivity index (χ1n) is 11.5. The number of nitrogens with zero attached hydrogens (tertiary/aromatic N) is 2. The largest absolute Gasteiger partial charge is 0.392 e. The fourth-order valence-electron chi connectivity index (χ4n) is 4.95. The molecular weight excluding hydrogens is 392 g/mol. The Morgan fingerprint density at radius 3 is 2.00 bits per heavy atom. The topological polar surface area (TPSA) is 26.7 Å². The summed E-state index contributed by atoms with van der Waals surface area (Å²) in [5, 5.41) is 10.3. The lowest BCUT2D eigenvalue weighted by atomic mass is 9.67. The van der Waals surface area contributed by atoms with Crippen LogP contribution in [0.2, 0.25) is 0 Å². The summed E-state index contributed by atoms with van der Waals surface area (Å²) in [5.74, 6) is 0. The van der Waals surface area contributed by atoms with E-state index in [0.717, 1.165) is 37.2 Å². The lowest BCUT2D eigenvalue weighted by Gasteiger charge is -2.37. The average Bonchev–Trinajstić information content (AvgIpc) is 2.83. The smallest absolute Gasteiger partial charge is 0.0708 e. The van der Waals surface area contributed by atoms with Crippen molar-refractivity contribution in [2.24, 2.45) is 0 Å². The highest BCUT2D eigenvalue weighted by atomic mass is 16.3. The minimum atomic E-state index is -0.207. The SMILES string of the molecule is CN(C)CCCN(C)c1ccc2c(c1CO)C=CC(c1ccccc1)(c1ccccc1)C2. The third kappa shape index (κ3) is 4.36. The Morgan fingerprint density at radius 2 is 1.44 bits per heavy atom. The number of aliphatic hydroxyl groups is 1. The summed E-state index contributed by atoms with van der Waals surface area (Å²) in [6.45, 7) is 2.07. The van der Waals surface area contributed by atoms with Gasteiger partial charge in [0.2, 0.25) is 0 Å². The first-order chi connectivity index (χ1) is 15.5. The fraction of sp³-hybridized carbons (Fsp3) is 0.310. The molecule has 3 nitrogen and oxygen atoms in total. The van der Waals surface area contributed by atoms with Crippen LogP contribution in [0.25, 0.3) is 6.08 Å². The summed E-state index contributed by atoms with van der Waals surface area (Å²) < 4.78 is 0. The number of rotatable bonds is 8. The number of anilines is 1. The van der Waals surface area contributed by atoms with Crippen molar-refractivity contribution in [3.05, 3.63) is 107 Å². The number of benzene rings is 3. The summed E-state index contributed by atoms with van der Waals surface area (Å²) in [6.07, 6.45) is 6.55. The molecule has 0 spiro atoms. The summed E-state index contributed by atoms with van der Waals surface area (Å²) in [4.78, 5) is 4.49. The molecule has 0 radical (unpaired) electrons. The molecule has 4 rings (SSSR count). The Kier molecular flexibility index (Phi) is 6.78. The molecule has 3 aromatic carbocycles. The molecule has 1 aliphatic rings. The number of allylic oxidation sites excluding steroid dienone is 1. The van der Waals surface area contributed by atoms with Crippen molar-refractivity contribution in [2.45, 2.75) is 24.9 Å². The molecule has 0 amide bonds. The maximum absolute atomic E-state index is 10.3. The maximum atomic E-state index is 10.3. The van der Waals surface area contributed by atoms with Gasteiger partial charge in [0.15, 0.2) is 0 Å². The minimum Gasteiger partial charge on any atom is -0.392 e. The maximum Gasteiger partial charge on any atom is 0.0708 e. The number of fused-ring (bicyclic) bond motifs is 1. The van der Waals surface area contributed by atoms with Gasteiger partial charge in [-0.15, -0.1) is 0 Å². The van der Waals surface area contributed by atoms with Gasteiger partial charge in [-0.3, -0.25) is 0 Å². The molecule has 0 aliphatic heterocycles. The first-order valence-corrected chi connectivity index (χ1v) is 11.5. The number of hydrogen-bond donors (Lipinski definition) is 1. The van der Waals surface area contributed by atoms with Gasteiger partial charge < -0.3 is 14.9 Å². The molecule has 0 saturated carbocycles. The second kappa shape index (κ2) is 9.72. The van der Waals surface area contributed by atoms with Crippen LogP contribution >= 0.6 is 0 Å². The monoisotopic (exact) mass is 426 g/mol. The standard InChI is InChI=1S/C29H34N2O/c1-30(2)19-10-20-31(3)28-16-15-23-21-29(24-11-6-4-7-12-24,25-13-8-5-9-14-25)18-17-26(23)27(28)22-32/h4-9,11-18,32H,10,19-22H2,1-3H3. The molecule has 166 valence electrons. The molecule has 1 aliphatic carbocycles. The van der Waals surface area contributed by atoms with Gasteiger partial charge in [0, 0.05) is 30.3 Å². The predicted octanol–water partition coefficient (Wildman–Crippen LogP) is 5.12. The fourth-order valence-corrected chi connectivity index (χ4v) is 4.95. The van der Waals surface area contributed by atoms with Gasteiger partial charge >= 0.3 is 0 Å². The van der Waals surface area contributed by atoms with E-state index >= 15 is 0 Å². The molecule has 0 atom stereocenters. The molecule has 0 saturated heterocycles. The highest BCUT2D eigenvalue weighted by Crippen LogP contribution is 2.43. The van der Waals surface area contributed by atoms with Crippen LogP contribution in [0, 0.1) is 0 Å². The highest BCUT2D eigenvalue weighted by Gasteiger charge is 2.35. The molecule has 0 heterocycles. The van der Waals surface area contributed by atoms with Crippen LogP contribution in [0.3, 0.4) is 0 Å². The summed E-state index contributed by atoms with van der Waals surface area (Å²) >= 11 is 0. The molecule has 1 N–H and O–H groups in total. The van der Waals surface area contributed by atoms with E-state index in [1.165, 1.54) is 22.3 Å². The van der Waals surface area contributed by atoms with Crippen molar-refractivity contribution in [1.29, 1.82) is 0 Å². The lowest BCUT2D eigenvalue weighted by Crippen LogP contribution is -2.31. The number of hydrogen-bond acceptors (Lipinski definition) is 3. The van der Waals surface area contributed by atoms with Gasteiger partial charge in [-0.1, -0.05) is 78.9 Å². The van der Waals surface area contributed by atoms with E-state index < -0.39 is 0 Å². The van der Waals surface area contributed by atoms with Crippen molar-refractivity contribution < 1.29 is 5.11 Å². The van der Waals surface area contributed by atoms with E-state index in [4.69, 9.17) is 0 Å². The molecular formula is C29H34N2O. The van der Waals surface area contributed by atoms with E-state index in [1.807, 2.05) is 0 Å². The average molecular weight is 427 g/mol. The quantitative estimate of drug-likeness (QED) is 0.541. The zero-order chi connectivity index (χ0) is 22.6. The summed E-state index contributed by atoms with van der Waals surface area (Å²) in [6, 6.07) is 26.0. The zero-order valence-electron chi connectivity index (χ0n) is 19.5. The van der Waals surface area contributed by atoms with Gasteiger partial charge in [-0.2, -0.15) is 0 Å². The van der Waals surface area contributed by atoms with Gasteiger partial charge in [0.05, 0.1) is 6.61 Å². The predicted molar refractivity (Wildman–Crippen MR) is 135 cm³/mol. The van der Waals surface area contributed by atoms with E-state index in [-0.39, 0.29) is 12.0 Å². The Morgan fingerprint density at radius 1 is 0.812 bits per heavy atom. The zero-order valence-corrected chi connectivity index (χ0v) is 19.5. The van der Waals surface area contributed by atoms with Crippen molar-refractivity contribution in [2.75, 3.05) is 39.1 Å². The molecule has 0 fully saturated rings. The van der Waals surface area contributed by atoms with E-state index in [2.05, 4.69) is 116 Å². The van der Waals surface area contributed by atoms with Crippen LogP contribution in [0.1, 0.15) is 34.2 Å². The van der Waals surface area contributed by atoms with E-state index in [1.54, 1.807) is 0 Å². The van der Waals surface area contributed by atoms with Gasteiger partial charge in [0.1, 0.15) is 0 Å². The second-order valence-electron chi connectivity index (χ2n) is 9.09. The Bertz CT molecular complexity index is 1020. The van der Waals surface area contributed by atoms with Crippen LogP contribution in [0.4, 0.5) is 5.69 Å². The van der Waals surface area contributed by atoms with Gasteiger partial charge in [-0.05, 0) is 61.8 Å². The highest BCUT2D eigenvalue weighted by molar-refractivity contribution is 5.72. The van der Waals surface area contributed by atoms with E-state index in [0.29, 0.717) is 0 Å². The molecule has 0 aromatic heterocycles. The van der Waals surface area contributed by atoms with E-state index in [9.17, 15) is 5.11 Å². The molecule has 32 heavy (non-hydrogen) atoms.